The minimum atomic E-state index is 0.542. The van der Waals surface area contributed by atoms with Crippen LogP contribution in [-0.2, 0) is 11.3 Å². The largest absolute Gasteiger partial charge is 0.381 e. The molecule has 1 N–H and O–H groups in total. The average Bonchev–Trinajstić information content (AvgIpc) is 2.38. The van der Waals surface area contributed by atoms with Crippen LogP contribution in [-0.4, -0.2) is 24.2 Å². The van der Waals surface area contributed by atoms with Crippen molar-refractivity contribution in [2.75, 3.05) is 13.2 Å². The topological polar surface area (TPSA) is 34.2 Å². The van der Waals surface area contributed by atoms with Crippen LogP contribution in [0.5, 0.6) is 0 Å². The first-order valence-corrected chi connectivity index (χ1v) is 6.49. The summed E-state index contributed by atoms with van der Waals surface area (Å²) in [5.41, 5.74) is 2.42. The van der Waals surface area contributed by atoms with Crippen LogP contribution in [0.15, 0.2) is 18.3 Å². The molecule has 2 heterocycles. The van der Waals surface area contributed by atoms with Crippen LogP contribution in [0.4, 0.5) is 0 Å². The van der Waals surface area contributed by atoms with Gasteiger partial charge in [0.25, 0.3) is 0 Å². The van der Waals surface area contributed by atoms with Gasteiger partial charge in [-0.1, -0.05) is 6.07 Å². The molecule has 3 heteroatoms. The molecule has 1 aliphatic heterocycles. The fourth-order valence-electron chi connectivity index (χ4n) is 2.34. The van der Waals surface area contributed by atoms with Crippen LogP contribution < -0.4 is 5.32 Å². The Bertz CT molecular complexity index is 348. The molecule has 0 amide bonds. The van der Waals surface area contributed by atoms with E-state index in [4.69, 9.17) is 4.74 Å². The van der Waals surface area contributed by atoms with E-state index in [9.17, 15) is 0 Å². The van der Waals surface area contributed by atoms with Gasteiger partial charge in [0, 0.05) is 32.0 Å². The van der Waals surface area contributed by atoms with E-state index in [-0.39, 0.29) is 0 Å². The van der Waals surface area contributed by atoms with Gasteiger partial charge in [-0.25, -0.2) is 0 Å². The first-order valence-electron chi connectivity index (χ1n) is 6.49. The van der Waals surface area contributed by atoms with Gasteiger partial charge >= 0.3 is 0 Å². The van der Waals surface area contributed by atoms with Gasteiger partial charge in [-0.3, -0.25) is 4.98 Å². The number of hydrogen-bond acceptors (Lipinski definition) is 3. The van der Waals surface area contributed by atoms with Crippen LogP contribution in [0.25, 0.3) is 0 Å². The monoisotopic (exact) mass is 234 g/mol. The summed E-state index contributed by atoms with van der Waals surface area (Å²) < 4.78 is 5.39. The second-order valence-electron chi connectivity index (χ2n) is 4.89. The number of rotatable bonds is 4. The lowest BCUT2D eigenvalue weighted by Crippen LogP contribution is -2.36. The van der Waals surface area contributed by atoms with E-state index in [0.717, 1.165) is 31.4 Å². The summed E-state index contributed by atoms with van der Waals surface area (Å²) in [6.07, 6.45) is 4.22. The molecular formula is C14H22N2O. The molecule has 1 aromatic heterocycles. The fourth-order valence-corrected chi connectivity index (χ4v) is 2.34. The minimum absolute atomic E-state index is 0.542. The third kappa shape index (κ3) is 3.51. The SMILES string of the molecule is Cc1cccnc1CNC(C)C1CCOCC1. The van der Waals surface area contributed by atoms with Gasteiger partial charge in [0.15, 0.2) is 0 Å². The van der Waals surface area contributed by atoms with Crippen LogP contribution in [0.2, 0.25) is 0 Å². The van der Waals surface area contributed by atoms with Crippen LogP contribution in [0, 0.1) is 12.8 Å². The average molecular weight is 234 g/mol. The Morgan fingerprint density at radius 1 is 1.47 bits per heavy atom. The molecule has 0 aliphatic carbocycles. The molecule has 0 spiro atoms. The van der Waals surface area contributed by atoms with Crippen LogP contribution in [0.3, 0.4) is 0 Å². The molecule has 0 radical (unpaired) electrons. The summed E-state index contributed by atoms with van der Waals surface area (Å²) in [4.78, 5) is 4.41. The summed E-state index contributed by atoms with van der Waals surface area (Å²) in [5, 5.41) is 3.59. The Morgan fingerprint density at radius 2 is 2.24 bits per heavy atom. The highest BCUT2D eigenvalue weighted by Crippen LogP contribution is 2.18. The number of pyridine rings is 1. The predicted octanol–water partition coefficient (Wildman–Crippen LogP) is 2.29. The second-order valence-corrected chi connectivity index (χ2v) is 4.89. The van der Waals surface area contributed by atoms with Gasteiger partial charge in [0.05, 0.1) is 5.69 Å². The first-order chi connectivity index (χ1) is 8.27. The van der Waals surface area contributed by atoms with Crippen molar-refractivity contribution in [2.45, 2.75) is 39.3 Å². The molecule has 1 saturated heterocycles. The summed E-state index contributed by atoms with van der Waals surface area (Å²) >= 11 is 0. The van der Waals surface area contributed by atoms with E-state index in [1.54, 1.807) is 0 Å². The zero-order chi connectivity index (χ0) is 12.1. The van der Waals surface area contributed by atoms with Crippen molar-refractivity contribution >= 4 is 0 Å². The third-order valence-corrected chi connectivity index (χ3v) is 3.68. The molecule has 0 saturated carbocycles. The van der Waals surface area contributed by atoms with Gasteiger partial charge in [0.2, 0.25) is 0 Å². The van der Waals surface area contributed by atoms with E-state index < -0.39 is 0 Å². The molecule has 1 fully saturated rings. The van der Waals surface area contributed by atoms with Crippen molar-refractivity contribution in [1.82, 2.24) is 10.3 Å². The number of nitrogens with one attached hydrogen (secondary N) is 1. The smallest absolute Gasteiger partial charge is 0.0570 e. The highest BCUT2D eigenvalue weighted by Gasteiger charge is 2.20. The lowest BCUT2D eigenvalue weighted by molar-refractivity contribution is 0.0557. The van der Waals surface area contributed by atoms with Gasteiger partial charge in [-0.2, -0.15) is 0 Å². The predicted molar refractivity (Wildman–Crippen MR) is 68.8 cm³/mol. The minimum Gasteiger partial charge on any atom is -0.381 e. The van der Waals surface area contributed by atoms with E-state index in [1.165, 1.54) is 18.4 Å². The van der Waals surface area contributed by atoms with E-state index >= 15 is 0 Å². The number of aromatic nitrogens is 1. The fraction of sp³-hybridized carbons (Fsp3) is 0.643. The molecule has 94 valence electrons. The third-order valence-electron chi connectivity index (χ3n) is 3.68. The maximum atomic E-state index is 5.39. The molecule has 1 unspecified atom stereocenters. The van der Waals surface area contributed by atoms with Crippen molar-refractivity contribution in [3.05, 3.63) is 29.6 Å². The summed E-state index contributed by atoms with van der Waals surface area (Å²) in [6.45, 7) is 7.08. The van der Waals surface area contributed by atoms with Gasteiger partial charge in [-0.05, 0) is 44.2 Å². The lowest BCUT2D eigenvalue weighted by Gasteiger charge is -2.28. The maximum absolute atomic E-state index is 5.39. The Balaban J connectivity index is 1.83. The van der Waals surface area contributed by atoms with Crippen molar-refractivity contribution in [3.63, 3.8) is 0 Å². The van der Waals surface area contributed by atoms with Gasteiger partial charge < -0.3 is 10.1 Å². The molecule has 0 aromatic carbocycles. The Kier molecular flexibility index (Phi) is 4.51. The quantitative estimate of drug-likeness (QED) is 0.868. The zero-order valence-corrected chi connectivity index (χ0v) is 10.8. The molecule has 3 nitrogen and oxygen atoms in total. The van der Waals surface area contributed by atoms with Crippen molar-refractivity contribution in [1.29, 1.82) is 0 Å². The highest BCUT2D eigenvalue weighted by atomic mass is 16.5. The molecule has 1 aromatic rings. The summed E-state index contributed by atoms with van der Waals surface area (Å²) in [7, 11) is 0. The van der Waals surface area contributed by atoms with Crippen molar-refractivity contribution < 1.29 is 4.74 Å². The molecule has 2 rings (SSSR count). The standard InChI is InChI=1S/C14H22N2O/c1-11-4-3-7-15-14(11)10-16-12(2)13-5-8-17-9-6-13/h3-4,7,12-13,16H,5-6,8-10H2,1-2H3. The number of hydrogen-bond donors (Lipinski definition) is 1. The Hall–Kier alpha value is -0.930. The summed E-state index contributed by atoms with van der Waals surface area (Å²) in [6, 6.07) is 4.64. The molecule has 1 atom stereocenters. The number of nitrogens with zero attached hydrogens (tertiary/aromatic N) is 1. The number of ether oxygens (including phenoxy) is 1. The zero-order valence-electron chi connectivity index (χ0n) is 10.8. The lowest BCUT2D eigenvalue weighted by atomic mass is 9.93. The normalized spacial score (nSPS) is 19.2. The van der Waals surface area contributed by atoms with E-state index in [1.807, 2.05) is 12.3 Å². The van der Waals surface area contributed by atoms with Crippen LogP contribution in [0.1, 0.15) is 31.0 Å². The highest BCUT2D eigenvalue weighted by molar-refractivity contribution is 5.17. The number of aryl methyl sites for hydroxylation is 1. The Morgan fingerprint density at radius 3 is 2.94 bits per heavy atom. The maximum Gasteiger partial charge on any atom is 0.0570 e. The Labute approximate surface area is 104 Å². The van der Waals surface area contributed by atoms with E-state index in [0.29, 0.717) is 6.04 Å². The molecular weight excluding hydrogens is 212 g/mol. The van der Waals surface area contributed by atoms with Gasteiger partial charge in [0.1, 0.15) is 0 Å². The van der Waals surface area contributed by atoms with Crippen molar-refractivity contribution in [3.8, 4) is 0 Å². The van der Waals surface area contributed by atoms with Gasteiger partial charge in [-0.15, -0.1) is 0 Å². The first kappa shape index (κ1) is 12.5. The summed E-state index contributed by atoms with van der Waals surface area (Å²) in [5.74, 6) is 0.743. The molecule has 17 heavy (non-hydrogen) atoms. The molecule has 0 bridgehead atoms. The molecule has 1 aliphatic rings. The van der Waals surface area contributed by atoms with Crippen molar-refractivity contribution in [2.24, 2.45) is 5.92 Å². The van der Waals surface area contributed by atoms with Crippen LogP contribution >= 0.6 is 0 Å². The second kappa shape index (κ2) is 6.12. The van der Waals surface area contributed by atoms with E-state index in [2.05, 4.69) is 30.2 Å².